The van der Waals surface area contributed by atoms with E-state index in [1.165, 1.54) is 0 Å². The van der Waals surface area contributed by atoms with Crippen molar-refractivity contribution in [3.63, 3.8) is 0 Å². The Hall–Kier alpha value is -2.51. The normalized spacial score (nSPS) is 11.2. The van der Waals surface area contributed by atoms with E-state index in [0.29, 0.717) is 17.9 Å². The summed E-state index contributed by atoms with van der Waals surface area (Å²) in [5, 5.41) is 8.92. The lowest BCUT2D eigenvalue weighted by atomic mass is 9.85. The van der Waals surface area contributed by atoms with Gasteiger partial charge in [-0.2, -0.15) is 5.26 Å². The molecule has 0 N–H and O–H groups in total. The van der Waals surface area contributed by atoms with Gasteiger partial charge in [0.2, 0.25) is 0 Å². The lowest BCUT2D eigenvalue weighted by Gasteiger charge is -2.20. The van der Waals surface area contributed by atoms with Crippen LogP contribution in [0.3, 0.4) is 0 Å². The zero-order valence-corrected chi connectivity index (χ0v) is 11.1. The smallest absolute Gasteiger partial charge is 0.357 e. The first kappa shape index (κ1) is 14.6. The van der Waals surface area contributed by atoms with Gasteiger partial charge >= 0.3 is 6.73 Å². The Bertz CT molecular complexity index is 558. The van der Waals surface area contributed by atoms with Crippen LogP contribution in [0, 0.1) is 30.4 Å². The van der Waals surface area contributed by atoms with Gasteiger partial charge in [-0.15, -0.1) is 0 Å². The summed E-state index contributed by atoms with van der Waals surface area (Å²) in [6.45, 7) is 17.9. The summed E-state index contributed by atoms with van der Waals surface area (Å²) in [6, 6.07) is 7.32. The van der Waals surface area contributed by atoms with Crippen LogP contribution >= 0.6 is 0 Å². The Balaban J connectivity index is 3.18. The summed E-state index contributed by atoms with van der Waals surface area (Å²) in [7, 11) is 0. The van der Waals surface area contributed by atoms with E-state index in [1.807, 2.05) is 13.8 Å². The lowest BCUT2D eigenvalue weighted by molar-refractivity contribution is 0.360. The van der Waals surface area contributed by atoms with Gasteiger partial charge in [-0.05, 0) is 29.5 Å². The molecule has 4 heteroatoms. The molecule has 96 valence electrons. The molecule has 0 amide bonds. The molecule has 0 aliphatic heterocycles. The van der Waals surface area contributed by atoms with Crippen LogP contribution in [0.5, 0.6) is 5.75 Å². The first-order valence-electron chi connectivity index (χ1n) is 5.98. The van der Waals surface area contributed by atoms with Crippen molar-refractivity contribution in [3.05, 3.63) is 46.6 Å². The highest BCUT2D eigenvalue weighted by atomic mass is 16.5. The van der Waals surface area contributed by atoms with Crippen molar-refractivity contribution in [2.75, 3.05) is 6.73 Å². The first-order valence-corrected chi connectivity index (χ1v) is 5.98. The van der Waals surface area contributed by atoms with Crippen LogP contribution in [0.4, 0.5) is 5.69 Å². The average molecular weight is 253 g/mol. The fourth-order valence-electron chi connectivity index (χ4n) is 1.93. The van der Waals surface area contributed by atoms with Crippen molar-refractivity contribution in [1.82, 2.24) is 0 Å². The molecule has 0 aromatic heterocycles. The lowest BCUT2D eigenvalue weighted by Crippen LogP contribution is -2.06. The molecule has 0 bridgehead atoms. The molecule has 0 saturated heterocycles. The van der Waals surface area contributed by atoms with E-state index in [4.69, 9.17) is 23.1 Å². The van der Waals surface area contributed by atoms with Crippen molar-refractivity contribution in [3.8, 4) is 11.8 Å². The zero-order valence-electron chi connectivity index (χ0n) is 11.1. The second-order valence-electron chi connectivity index (χ2n) is 4.48. The highest BCUT2D eigenvalue weighted by Gasteiger charge is 2.19. The van der Waals surface area contributed by atoms with Crippen LogP contribution < -0.4 is 4.74 Å². The van der Waals surface area contributed by atoms with Gasteiger partial charge in [0.25, 0.3) is 0 Å². The van der Waals surface area contributed by atoms with E-state index >= 15 is 0 Å². The van der Waals surface area contributed by atoms with Crippen LogP contribution in [0.2, 0.25) is 0 Å². The van der Waals surface area contributed by atoms with Crippen molar-refractivity contribution in [1.29, 1.82) is 5.26 Å². The van der Waals surface area contributed by atoms with E-state index in [1.54, 1.807) is 18.2 Å². The number of ether oxygens (including phenoxy) is 1. The van der Waals surface area contributed by atoms with Gasteiger partial charge in [-0.1, -0.05) is 19.9 Å². The van der Waals surface area contributed by atoms with Crippen molar-refractivity contribution >= 4 is 5.69 Å². The largest absolute Gasteiger partial charge is 0.426 e. The Morgan fingerprint density at radius 2 is 2.11 bits per heavy atom. The number of nitrogens with zero attached hydrogens (tertiary/aromatic N) is 3. The minimum atomic E-state index is -0.0403. The van der Waals surface area contributed by atoms with Crippen LogP contribution in [-0.4, -0.2) is 6.73 Å². The Labute approximate surface area is 113 Å². The summed E-state index contributed by atoms with van der Waals surface area (Å²) in [4.78, 5) is 6.64. The van der Waals surface area contributed by atoms with Crippen molar-refractivity contribution < 1.29 is 4.74 Å². The number of hydrogen-bond donors (Lipinski definition) is 0. The van der Waals surface area contributed by atoms with Gasteiger partial charge in [-0.25, -0.2) is 11.4 Å². The van der Waals surface area contributed by atoms with Crippen LogP contribution in [0.25, 0.3) is 9.69 Å². The molecule has 19 heavy (non-hydrogen) atoms. The third-order valence-electron chi connectivity index (χ3n) is 2.93. The van der Waals surface area contributed by atoms with Crippen molar-refractivity contribution in [2.24, 2.45) is 5.92 Å². The van der Waals surface area contributed by atoms with E-state index in [2.05, 4.69) is 15.8 Å². The van der Waals surface area contributed by atoms with E-state index < -0.39 is 0 Å². The molecule has 1 aromatic carbocycles. The number of hydrogen-bond acceptors (Lipinski definition) is 2. The average Bonchev–Trinajstić information content (AvgIpc) is 2.42. The molecular weight excluding hydrogens is 238 g/mol. The zero-order chi connectivity index (χ0) is 14.3. The molecule has 0 heterocycles. The van der Waals surface area contributed by atoms with E-state index in [9.17, 15) is 0 Å². The predicted molar refractivity (Wildman–Crippen MR) is 72.6 cm³/mol. The molecule has 1 unspecified atom stereocenters. The predicted octanol–water partition coefficient (Wildman–Crippen LogP) is 4.15. The van der Waals surface area contributed by atoms with Crippen LogP contribution in [0.15, 0.2) is 18.2 Å². The summed E-state index contributed by atoms with van der Waals surface area (Å²) in [5.74, 6) is 0.837. The van der Waals surface area contributed by atoms with Crippen molar-refractivity contribution in [2.45, 2.75) is 26.2 Å². The second kappa shape index (κ2) is 7.04. The van der Waals surface area contributed by atoms with Gasteiger partial charge in [0.15, 0.2) is 5.69 Å². The van der Waals surface area contributed by atoms with Gasteiger partial charge in [0.1, 0.15) is 5.75 Å². The Morgan fingerprint density at radius 3 is 2.63 bits per heavy atom. The van der Waals surface area contributed by atoms with Crippen LogP contribution in [-0.2, 0) is 0 Å². The maximum atomic E-state index is 8.92. The van der Waals surface area contributed by atoms with Gasteiger partial charge in [-0.3, -0.25) is 4.85 Å². The molecule has 0 fully saturated rings. The Kier molecular flexibility index (Phi) is 5.39. The third-order valence-corrected chi connectivity index (χ3v) is 2.93. The van der Waals surface area contributed by atoms with Gasteiger partial charge in [0, 0.05) is 6.42 Å². The van der Waals surface area contributed by atoms with E-state index in [0.717, 1.165) is 5.56 Å². The van der Waals surface area contributed by atoms with E-state index in [-0.39, 0.29) is 18.6 Å². The number of benzene rings is 1. The van der Waals surface area contributed by atoms with Gasteiger partial charge in [0.05, 0.1) is 12.6 Å². The minimum Gasteiger partial charge on any atom is -0.426 e. The summed E-state index contributed by atoms with van der Waals surface area (Å²) in [6.07, 6.45) is 0.368. The third kappa shape index (κ3) is 3.73. The molecule has 0 aliphatic rings. The fraction of sp³-hybridized carbons (Fsp3) is 0.400. The van der Waals surface area contributed by atoms with Gasteiger partial charge < -0.3 is 4.74 Å². The first-order chi connectivity index (χ1) is 9.13. The monoisotopic (exact) mass is 253 g/mol. The number of nitriles is 1. The minimum absolute atomic E-state index is 0.00518. The SMILES string of the molecule is [C-]#[N+]COc1ccc([N+]#[C-])c(C(CC#N)C(C)C)c1. The highest BCUT2D eigenvalue weighted by Crippen LogP contribution is 2.36. The topological polar surface area (TPSA) is 41.7 Å². The molecule has 0 aliphatic carbocycles. The maximum absolute atomic E-state index is 8.92. The maximum Gasteiger partial charge on any atom is 0.357 e. The highest BCUT2D eigenvalue weighted by molar-refractivity contribution is 5.57. The molecule has 0 saturated carbocycles. The standard InChI is InChI=1S/C15H15N3O/c1-11(2)13(7-8-16)14-9-12(19-10-17-3)5-6-15(14)18-4/h5-6,9,11,13H,7,10H2,1-2H3. The summed E-state index contributed by atoms with van der Waals surface area (Å²) >= 11 is 0. The molecule has 4 nitrogen and oxygen atoms in total. The molecule has 0 radical (unpaired) electrons. The quantitative estimate of drug-likeness (QED) is 0.740. The molecule has 1 rings (SSSR count). The van der Waals surface area contributed by atoms with Crippen LogP contribution in [0.1, 0.15) is 31.7 Å². The fourth-order valence-corrected chi connectivity index (χ4v) is 1.93. The summed E-state index contributed by atoms with van der Waals surface area (Å²) < 4.78 is 5.26. The second-order valence-corrected chi connectivity index (χ2v) is 4.48. The molecule has 0 spiro atoms. The molecule has 1 aromatic rings. The Morgan fingerprint density at radius 1 is 1.37 bits per heavy atom. The molecule has 1 atom stereocenters. The number of rotatable bonds is 5. The summed E-state index contributed by atoms with van der Waals surface area (Å²) in [5.41, 5.74) is 1.37. The molecular formula is C15H15N3O.